The van der Waals surface area contributed by atoms with E-state index in [2.05, 4.69) is 10.3 Å². The van der Waals surface area contributed by atoms with Crippen molar-refractivity contribution in [1.82, 2.24) is 15.2 Å². The topological polar surface area (TPSA) is 71.3 Å². The normalized spacial score (nSPS) is 17.6. The molecule has 2 heterocycles. The summed E-state index contributed by atoms with van der Waals surface area (Å²) in [4.78, 5) is 16.0. The summed E-state index contributed by atoms with van der Waals surface area (Å²) in [6.45, 7) is 2.13. The van der Waals surface area contributed by atoms with Crippen LogP contribution in [0.3, 0.4) is 0 Å². The van der Waals surface area contributed by atoms with Crippen molar-refractivity contribution in [1.29, 1.82) is 0 Å². The molecule has 1 aliphatic heterocycles. The Kier molecular flexibility index (Phi) is 3.99. The number of hydrogen-bond acceptors (Lipinski definition) is 5. The number of rotatable bonds is 3. The van der Waals surface area contributed by atoms with Crippen molar-refractivity contribution < 1.29 is 4.92 Å². The molecule has 96 valence electrons. The molecule has 1 aromatic rings. The van der Waals surface area contributed by atoms with Crippen LogP contribution in [0.15, 0.2) is 30.4 Å². The van der Waals surface area contributed by atoms with Crippen molar-refractivity contribution in [2.75, 3.05) is 13.1 Å². The number of nitrogens with zero attached hydrogens (tertiary/aromatic N) is 3. The van der Waals surface area contributed by atoms with Gasteiger partial charge < -0.3 is 10.2 Å². The first kappa shape index (κ1) is 12.6. The third kappa shape index (κ3) is 3.33. The predicted octanol–water partition coefficient (Wildman–Crippen LogP) is 1.61. The Morgan fingerprint density at radius 3 is 3.11 bits per heavy atom. The van der Waals surface area contributed by atoms with E-state index in [9.17, 15) is 10.1 Å². The van der Waals surface area contributed by atoms with Gasteiger partial charge >= 0.3 is 0 Å². The summed E-state index contributed by atoms with van der Waals surface area (Å²) in [7, 11) is 0. The standard InChI is InChI=1S/C11H13ClN4O2/c12-10-3-2-9(6-14-10)7-15-5-1-4-13-11(15)8-16(17)18/h2-3,6,8,13H,1,4-5,7H2/b11-8+. The summed E-state index contributed by atoms with van der Waals surface area (Å²) in [5.41, 5.74) is 0.970. The van der Waals surface area contributed by atoms with Gasteiger partial charge in [0.25, 0.3) is 6.20 Å². The minimum atomic E-state index is -0.444. The third-order valence-corrected chi connectivity index (χ3v) is 2.86. The maximum absolute atomic E-state index is 10.5. The van der Waals surface area contributed by atoms with E-state index in [-0.39, 0.29) is 0 Å². The summed E-state index contributed by atoms with van der Waals surface area (Å²) < 4.78 is 0. The molecule has 0 bridgehead atoms. The summed E-state index contributed by atoms with van der Waals surface area (Å²) in [5.74, 6) is 0.543. The molecule has 0 aromatic carbocycles. The minimum absolute atomic E-state index is 0.441. The molecular weight excluding hydrogens is 256 g/mol. The van der Waals surface area contributed by atoms with E-state index in [1.54, 1.807) is 12.3 Å². The second kappa shape index (κ2) is 5.68. The lowest BCUT2D eigenvalue weighted by Gasteiger charge is -2.30. The molecule has 0 radical (unpaired) electrons. The number of nitro groups is 1. The number of pyridine rings is 1. The zero-order valence-corrected chi connectivity index (χ0v) is 10.4. The lowest BCUT2D eigenvalue weighted by Crippen LogP contribution is -2.39. The maximum Gasteiger partial charge on any atom is 0.274 e. The van der Waals surface area contributed by atoms with Gasteiger partial charge in [-0.1, -0.05) is 17.7 Å². The van der Waals surface area contributed by atoms with E-state index in [0.717, 1.165) is 31.3 Å². The van der Waals surface area contributed by atoms with Crippen molar-refractivity contribution in [2.45, 2.75) is 13.0 Å². The third-order valence-electron chi connectivity index (χ3n) is 2.64. The number of nitrogens with one attached hydrogen (secondary N) is 1. The van der Waals surface area contributed by atoms with E-state index >= 15 is 0 Å². The van der Waals surface area contributed by atoms with E-state index in [0.29, 0.717) is 17.5 Å². The highest BCUT2D eigenvalue weighted by Crippen LogP contribution is 2.14. The Bertz CT molecular complexity index is 461. The van der Waals surface area contributed by atoms with E-state index in [1.807, 2.05) is 11.0 Å². The van der Waals surface area contributed by atoms with Gasteiger partial charge in [-0.05, 0) is 18.1 Å². The molecule has 2 rings (SSSR count). The Balaban J connectivity index is 2.10. The molecule has 0 unspecified atom stereocenters. The molecular formula is C11H13ClN4O2. The molecule has 0 aliphatic carbocycles. The molecule has 18 heavy (non-hydrogen) atoms. The fourth-order valence-corrected chi connectivity index (χ4v) is 1.94. The van der Waals surface area contributed by atoms with Crippen molar-refractivity contribution in [3.05, 3.63) is 51.2 Å². The van der Waals surface area contributed by atoms with Gasteiger partial charge in [0.15, 0.2) is 5.82 Å². The van der Waals surface area contributed by atoms with E-state index < -0.39 is 4.92 Å². The van der Waals surface area contributed by atoms with E-state index in [4.69, 9.17) is 11.6 Å². The molecule has 0 atom stereocenters. The van der Waals surface area contributed by atoms with Crippen molar-refractivity contribution in [3.63, 3.8) is 0 Å². The molecule has 0 saturated carbocycles. The minimum Gasteiger partial charge on any atom is -0.367 e. The van der Waals surface area contributed by atoms with Gasteiger partial charge in [0.05, 0.1) is 4.92 Å². The zero-order valence-electron chi connectivity index (χ0n) is 9.67. The Morgan fingerprint density at radius 1 is 1.61 bits per heavy atom. The van der Waals surface area contributed by atoms with Crippen molar-refractivity contribution >= 4 is 11.6 Å². The first-order valence-corrected chi connectivity index (χ1v) is 5.97. The van der Waals surface area contributed by atoms with Crippen molar-refractivity contribution in [2.24, 2.45) is 0 Å². The molecule has 1 aliphatic rings. The first-order chi connectivity index (χ1) is 8.65. The number of halogens is 1. The van der Waals surface area contributed by atoms with Crippen LogP contribution >= 0.6 is 11.6 Å². The van der Waals surface area contributed by atoms with Crippen LogP contribution in [0.5, 0.6) is 0 Å². The fourth-order valence-electron chi connectivity index (χ4n) is 1.83. The second-order valence-electron chi connectivity index (χ2n) is 3.99. The number of hydrogen-bond donors (Lipinski definition) is 1. The van der Waals surface area contributed by atoms with Crippen LogP contribution in [0.2, 0.25) is 5.15 Å². The summed E-state index contributed by atoms with van der Waals surface area (Å²) in [6, 6.07) is 3.58. The van der Waals surface area contributed by atoms with Gasteiger partial charge in [0, 0.05) is 25.8 Å². The predicted molar refractivity (Wildman–Crippen MR) is 67.4 cm³/mol. The summed E-state index contributed by atoms with van der Waals surface area (Å²) in [5, 5.41) is 14.0. The highest BCUT2D eigenvalue weighted by Gasteiger charge is 2.17. The van der Waals surface area contributed by atoms with Crippen LogP contribution in [-0.4, -0.2) is 27.9 Å². The summed E-state index contributed by atoms with van der Waals surface area (Å²) in [6.07, 6.45) is 3.64. The summed E-state index contributed by atoms with van der Waals surface area (Å²) >= 11 is 5.71. The molecule has 0 amide bonds. The number of aromatic nitrogens is 1. The first-order valence-electron chi connectivity index (χ1n) is 5.60. The molecule has 1 N–H and O–H groups in total. The zero-order chi connectivity index (χ0) is 13.0. The van der Waals surface area contributed by atoms with Gasteiger partial charge in [-0.15, -0.1) is 0 Å². The molecule has 6 nitrogen and oxygen atoms in total. The van der Waals surface area contributed by atoms with Crippen molar-refractivity contribution in [3.8, 4) is 0 Å². The molecule has 0 spiro atoms. The van der Waals surface area contributed by atoms with Crippen LogP contribution in [0.25, 0.3) is 0 Å². The van der Waals surface area contributed by atoms with Crippen LogP contribution in [0.4, 0.5) is 0 Å². The Labute approximate surface area is 109 Å². The quantitative estimate of drug-likeness (QED) is 0.512. The van der Waals surface area contributed by atoms with Crippen LogP contribution in [-0.2, 0) is 6.54 Å². The molecule has 1 fully saturated rings. The monoisotopic (exact) mass is 268 g/mol. The molecule has 7 heteroatoms. The SMILES string of the molecule is O=[N+]([O-])/C=C1\NCCCN1Cc1ccc(Cl)nc1. The van der Waals surface area contributed by atoms with Gasteiger partial charge in [-0.2, -0.15) is 0 Å². The van der Waals surface area contributed by atoms with Crippen LogP contribution in [0.1, 0.15) is 12.0 Å². The molecule has 1 saturated heterocycles. The smallest absolute Gasteiger partial charge is 0.274 e. The fraction of sp³-hybridized carbons (Fsp3) is 0.364. The van der Waals surface area contributed by atoms with E-state index in [1.165, 1.54) is 0 Å². The Hall–Kier alpha value is -1.82. The van der Waals surface area contributed by atoms with Gasteiger partial charge in [0.1, 0.15) is 5.15 Å². The lowest BCUT2D eigenvalue weighted by molar-refractivity contribution is -0.405. The van der Waals surface area contributed by atoms with Crippen LogP contribution in [0, 0.1) is 10.1 Å². The van der Waals surface area contributed by atoms with Gasteiger partial charge in [-0.3, -0.25) is 10.1 Å². The maximum atomic E-state index is 10.5. The highest BCUT2D eigenvalue weighted by molar-refractivity contribution is 6.29. The van der Waals surface area contributed by atoms with Crippen LogP contribution < -0.4 is 5.32 Å². The average molecular weight is 269 g/mol. The largest absolute Gasteiger partial charge is 0.367 e. The average Bonchev–Trinajstić information content (AvgIpc) is 2.34. The second-order valence-corrected chi connectivity index (χ2v) is 4.38. The Morgan fingerprint density at radius 2 is 2.44 bits per heavy atom. The highest BCUT2D eigenvalue weighted by atomic mass is 35.5. The van der Waals surface area contributed by atoms with Gasteiger partial charge in [-0.25, -0.2) is 4.98 Å². The van der Waals surface area contributed by atoms with Gasteiger partial charge in [0.2, 0.25) is 0 Å². The lowest BCUT2D eigenvalue weighted by atomic mass is 10.2. The molecule has 1 aromatic heterocycles.